The van der Waals surface area contributed by atoms with Crippen molar-refractivity contribution in [3.05, 3.63) is 23.2 Å². The normalized spacial score (nSPS) is 23.9. The van der Waals surface area contributed by atoms with Crippen molar-refractivity contribution < 1.29 is 4.42 Å². The molecule has 1 N–H and O–H groups in total. The molecule has 1 aromatic heterocycles. The second-order valence-electron chi connectivity index (χ2n) is 5.81. The van der Waals surface area contributed by atoms with Gasteiger partial charge in [0.1, 0.15) is 11.5 Å². The van der Waals surface area contributed by atoms with E-state index in [4.69, 9.17) is 4.42 Å². The lowest BCUT2D eigenvalue weighted by Gasteiger charge is -2.41. The van der Waals surface area contributed by atoms with E-state index >= 15 is 0 Å². The first-order valence-electron chi connectivity index (χ1n) is 7.27. The van der Waals surface area contributed by atoms with Crippen LogP contribution in [0.5, 0.6) is 0 Å². The lowest BCUT2D eigenvalue weighted by atomic mass is 9.78. The SMILES string of the molecule is Cc1cc([C@H](C2CCC2)N2CCNCC2)oc1C. The molecule has 2 fully saturated rings. The van der Waals surface area contributed by atoms with E-state index in [1.54, 1.807) is 0 Å². The van der Waals surface area contributed by atoms with Crippen LogP contribution in [0.4, 0.5) is 0 Å². The molecule has 100 valence electrons. The van der Waals surface area contributed by atoms with Crippen LogP contribution in [0.1, 0.15) is 42.4 Å². The van der Waals surface area contributed by atoms with Crippen LogP contribution in [0.2, 0.25) is 0 Å². The lowest BCUT2D eigenvalue weighted by Crippen LogP contribution is -2.47. The molecule has 1 aliphatic heterocycles. The Morgan fingerprint density at radius 3 is 2.50 bits per heavy atom. The fourth-order valence-corrected chi connectivity index (χ4v) is 3.17. The zero-order valence-electron chi connectivity index (χ0n) is 11.5. The molecule has 0 unspecified atom stereocenters. The molecule has 0 bridgehead atoms. The number of hydrogen-bond donors (Lipinski definition) is 1. The van der Waals surface area contributed by atoms with Crippen molar-refractivity contribution in [2.45, 2.75) is 39.2 Å². The molecule has 1 saturated carbocycles. The van der Waals surface area contributed by atoms with Gasteiger partial charge in [0.25, 0.3) is 0 Å². The Labute approximate surface area is 110 Å². The molecule has 18 heavy (non-hydrogen) atoms. The number of nitrogens with zero attached hydrogens (tertiary/aromatic N) is 1. The van der Waals surface area contributed by atoms with Crippen LogP contribution in [-0.2, 0) is 0 Å². The Morgan fingerprint density at radius 2 is 2.00 bits per heavy atom. The van der Waals surface area contributed by atoms with Crippen molar-refractivity contribution in [2.75, 3.05) is 26.2 Å². The molecule has 3 nitrogen and oxygen atoms in total. The van der Waals surface area contributed by atoms with E-state index in [-0.39, 0.29) is 0 Å². The van der Waals surface area contributed by atoms with E-state index in [9.17, 15) is 0 Å². The molecular formula is C15H24N2O. The summed E-state index contributed by atoms with van der Waals surface area (Å²) in [4.78, 5) is 2.62. The number of nitrogens with one attached hydrogen (secondary N) is 1. The summed E-state index contributed by atoms with van der Waals surface area (Å²) in [5, 5.41) is 3.44. The maximum Gasteiger partial charge on any atom is 0.121 e. The van der Waals surface area contributed by atoms with E-state index in [1.807, 2.05) is 0 Å². The highest BCUT2D eigenvalue weighted by Gasteiger charge is 2.35. The van der Waals surface area contributed by atoms with Gasteiger partial charge in [0, 0.05) is 26.2 Å². The lowest BCUT2D eigenvalue weighted by molar-refractivity contribution is 0.0679. The summed E-state index contributed by atoms with van der Waals surface area (Å²) >= 11 is 0. The molecule has 0 aromatic carbocycles. The number of rotatable bonds is 3. The van der Waals surface area contributed by atoms with Crippen LogP contribution in [0, 0.1) is 19.8 Å². The zero-order valence-corrected chi connectivity index (χ0v) is 11.5. The average molecular weight is 248 g/mol. The van der Waals surface area contributed by atoms with Gasteiger partial charge in [-0.15, -0.1) is 0 Å². The van der Waals surface area contributed by atoms with Gasteiger partial charge in [-0.2, -0.15) is 0 Å². The maximum atomic E-state index is 6.02. The van der Waals surface area contributed by atoms with Gasteiger partial charge in [0.2, 0.25) is 0 Å². The molecule has 2 aliphatic rings. The van der Waals surface area contributed by atoms with Gasteiger partial charge in [0.05, 0.1) is 6.04 Å². The number of aryl methyl sites for hydroxylation is 2. The standard InChI is InChI=1S/C15H24N2O/c1-11-10-14(18-12(11)2)15(13-4-3-5-13)17-8-6-16-7-9-17/h10,13,15-16H,3-9H2,1-2H3/t15-/m0/s1. The van der Waals surface area contributed by atoms with Crippen LogP contribution >= 0.6 is 0 Å². The molecular weight excluding hydrogens is 224 g/mol. The van der Waals surface area contributed by atoms with Crippen LogP contribution in [-0.4, -0.2) is 31.1 Å². The average Bonchev–Trinajstić information content (AvgIpc) is 2.65. The van der Waals surface area contributed by atoms with Gasteiger partial charge in [-0.05, 0) is 44.2 Å². The third kappa shape index (κ3) is 2.21. The highest BCUT2D eigenvalue weighted by atomic mass is 16.3. The van der Waals surface area contributed by atoms with Gasteiger partial charge < -0.3 is 9.73 Å². The number of hydrogen-bond acceptors (Lipinski definition) is 3. The second-order valence-corrected chi connectivity index (χ2v) is 5.81. The van der Waals surface area contributed by atoms with Crippen LogP contribution in [0.3, 0.4) is 0 Å². The van der Waals surface area contributed by atoms with Gasteiger partial charge in [-0.1, -0.05) is 6.42 Å². The summed E-state index contributed by atoms with van der Waals surface area (Å²) in [6.07, 6.45) is 4.13. The molecule has 1 aliphatic carbocycles. The van der Waals surface area contributed by atoms with Crippen molar-refractivity contribution in [3.63, 3.8) is 0 Å². The van der Waals surface area contributed by atoms with Gasteiger partial charge in [-0.3, -0.25) is 4.90 Å². The van der Waals surface area contributed by atoms with Crippen molar-refractivity contribution >= 4 is 0 Å². The molecule has 3 rings (SSSR count). The number of piperazine rings is 1. The summed E-state index contributed by atoms with van der Waals surface area (Å²) < 4.78 is 6.02. The zero-order chi connectivity index (χ0) is 12.5. The second kappa shape index (κ2) is 5.06. The third-order valence-electron chi connectivity index (χ3n) is 4.62. The first kappa shape index (κ1) is 12.2. The number of furan rings is 1. The van der Waals surface area contributed by atoms with Crippen molar-refractivity contribution in [1.82, 2.24) is 10.2 Å². The highest BCUT2D eigenvalue weighted by Crippen LogP contribution is 2.42. The summed E-state index contributed by atoms with van der Waals surface area (Å²) in [6.45, 7) is 8.76. The van der Waals surface area contributed by atoms with Crippen LogP contribution < -0.4 is 5.32 Å². The topological polar surface area (TPSA) is 28.4 Å². The molecule has 0 spiro atoms. The maximum absolute atomic E-state index is 6.02. The molecule has 0 amide bonds. The summed E-state index contributed by atoms with van der Waals surface area (Å²) in [5.74, 6) is 3.11. The Balaban J connectivity index is 1.84. The molecule has 1 saturated heterocycles. The fraction of sp³-hybridized carbons (Fsp3) is 0.733. The van der Waals surface area contributed by atoms with Crippen molar-refractivity contribution in [3.8, 4) is 0 Å². The first-order valence-corrected chi connectivity index (χ1v) is 7.27. The summed E-state index contributed by atoms with van der Waals surface area (Å²) in [6, 6.07) is 2.79. The van der Waals surface area contributed by atoms with Crippen molar-refractivity contribution in [1.29, 1.82) is 0 Å². The van der Waals surface area contributed by atoms with E-state index in [0.29, 0.717) is 6.04 Å². The predicted octanol–water partition coefficient (Wildman–Crippen LogP) is 2.64. The molecule has 1 atom stereocenters. The molecule has 1 aromatic rings. The Morgan fingerprint density at radius 1 is 1.28 bits per heavy atom. The smallest absolute Gasteiger partial charge is 0.121 e. The minimum Gasteiger partial charge on any atom is -0.464 e. The largest absolute Gasteiger partial charge is 0.464 e. The van der Waals surface area contributed by atoms with Crippen molar-refractivity contribution in [2.24, 2.45) is 5.92 Å². The highest BCUT2D eigenvalue weighted by molar-refractivity contribution is 5.22. The van der Waals surface area contributed by atoms with E-state index in [0.717, 1.165) is 37.9 Å². The van der Waals surface area contributed by atoms with Crippen LogP contribution in [0.15, 0.2) is 10.5 Å². The van der Waals surface area contributed by atoms with E-state index in [2.05, 4.69) is 30.1 Å². The van der Waals surface area contributed by atoms with E-state index < -0.39 is 0 Å². The minimum absolute atomic E-state index is 0.522. The Hall–Kier alpha value is -0.800. The molecule has 2 heterocycles. The minimum atomic E-state index is 0.522. The summed E-state index contributed by atoms with van der Waals surface area (Å²) in [7, 11) is 0. The molecule has 0 radical (unpaired) electrons. The third-order valence-corrected chi connectivity index (χ3v) is 4.62. The molecule has 3 heteroatoms. The summed E-state index contributed by atoms with van der Waals surface area (Å²) in [5.41, 5.74) is 1.30. The fourth-order valence-electron chi connectivity index (χ4n) is 3.17. The van der Waals surface area contributed by atoms with Gasteiger partial charge in [0.15, 0.2) is 0 Å². The Bertz CT molecular complexity index is 383. The van der Waals surface area contributed by atoms with Crippen LogP contribution in [0.25, 0.3) is 0 Å². The van der Waals surface area contributed by atoms with Gasteiger partial charge >= 0.3 is 0 Å². The van der Waals surface area contributed by atoms with E-state index in [1.165, 1.54) is 30.6 Å². The monoisotopic (exact) mass is 248 g/mol. The Kier molecular flexibility index (Phi) is 3.44. The predicted molar refractivity (Wildman–Crippen MR) is 72.7 cm³/mol. The van der Waals surface area contributed by atoms with Gasteiger partial charge in [-0.25, -0.2) is 0 Å². The quantitative estimate of drug-likeness (QED) is 0.891. The first-order chi connectivity index (χ1) is 8.75.